The Morgan fingerprint density at radius 1 is 1.10 bits per heavy atom. The van der Waals surface area contributed by atoms with Crippen LogP contribution in [0.2, 0.25) is 0 Å². The Morgan fingerprint density at radius 3 is 2.50 bits per heavy atom. The first-order chi connectivity index (χ1) is 9.15. The summed E-state index contributed by atoms with van der Waals surface area (Å²) in [5, 5.41) is 19.2. The average molecular weight is 274 g/mol. The van der Waals surface area contributed by atoms with Crippen molar-refractivity contribution in [3.8, 4) is 17.2 Å². The average Bonchev–Trinajstić information content (AvgIpc) is 2.38. The zero-order chi connectivity index (χ0) is 13.4. The van der Waals surface area contributed by atoms with Gasteiger partial charge in [-0.2, -0.15) is 0 Å². The van der Waals surface area contributed by atoms with E-state index in [1.54, 1.807) is 0 Å². The van der Waals surface area contributed by atoms with Crippen LogP contribution in [-0.2, 0) is 0 Å². The van der Waals surface area contributed by atoms with Crippen LogP contribution < -0.4 is 4.74 Å². The van der Waals surface area contributed by atoms with E-state index in [4.69, 9.17) is 4.74 Å². The fourth-order valence-electron chi connectivity index (χ4n) is 2.28. The number of fused-ring (bicyclic) bond motifs is 1. The summed E-state index contributed by atoms with van der Waals surface area (Å²) in [6, 6.07) is 11.9. The fourth-order valence-corrected chi connectivity index (χ4v) is 2.28. The summed E-state index contributed by atoms with van der Waals surface area (Å²) >= 11 is 0. The van der Waals surface area contributed by atoms with Gasteiger partial charge in [0.25, 0.3) is 0 Å². The van der Waals surface area contributed by atoms with Gasteiger partial charge in [-0.1, -0.05) is 30.3 Å². The van der Waals surface area contributed by atoms with Gasteiger partial charge in [-0.3, -0.25) is 4.79 Å². The van der Waals surface area contributed by atoms with Crippen molar-refractivity contribution in [3.05, 3.63) is 53.6 Å². The molecule has 0 aliphatic carbocycles. The minimum atomic E-state index is -0.387. The molecule has 0 saturated heterocycles. The molecule has 0 bridgehead atoms. The van der Waals surface area contributed by atoms with Gasteiger partial charge >= 0.3 is 0 Å². The van der Waals surface area contributed by atoms with E-state index < -0.39 is 0 Å². The highest BCUT2D eigenvalue weighted by atomic mass is 16.5. The van der Waals surface area contributed by atoms with Gasteiger partial charge in [0.15, 0.2) is 5.78 Å². The molecule has 1 heterocycles. The maximum absolute atomic E-state index is 12.1. The third-order valence-corrected chi connectivity index (χ3v) is 3.16. The number of phenolic OH excluding ortho intramolecular Hbond substituents is 2. The van der Waals surface area contributed by atoms with Crippen molar-refractivity contribution in [3.63, 3.8) is 0 Å². The summed E-state index contributed by atoms with van der Waals surface area (Å²) in [4.78, 5) is 12.1. The summed E-state index contributed by atoms with van der Waals surface area (Å²) < 4.78 is 5.71. The van der Waals surface area contributed by atoms with Gasteiger partial charge in [-0.05, 0) is 5.56 Å². The van der Waals surface area contributed by atoms with E-state index in [2.05, 4.69) is 0 Å². The molecule has 1 atom stereocenters. The smallest absolute Gasteiger partial charge is 0.174 e. The predicted molar refractivity (Wildman–Crippen MR) is 72.1 cm³/mol. The van der Waals surface area contributed by atoms with Crippen molar-refractivity contribution in [2.75, 3.05) is 0 Å². The minimum absolute atomic E-state index is 0. The van der Waals surface area contributed by atoms with Gasteiger partial charge in [0.1, 0.15) is 28.9 Å². The molecule has 1 aliphatic rings. The molecule has 5 heteroatoms. The quantitative estimate of drug-likeness (QED) is 0.830. The first-order valence-electron chi connectivity index (χ1n) is 5.96. The van der Waals surface area contributed by atoms with E-state index >= 15 is 0 Å². The van der Waals surface area contributed by atoms with Crippen molar-refractivity contribution < 1.29 is 25.2 Å². The number of hydrogen-bond donors (Lipinski definition) is 2. The third-order valence-electron chi connectivity index (χ3n) is 3.16. The lowest BCUT2D eigenvalue weighted by Gasteiger charge is -2.26. The van der Waals surface area contributed by atoms with Gasteiger partial charge < -0.3 is 20.4 Å². The van der Waals surface area contributed by atoms with E-state index in [0.29, 0.717) is 0 Å². The highest BCUT2D eigenvalue weighted by Gasteiger charge is 2.30. The number of rotatable bonds is 1. The van der Waals surface area contributed by atoms with Gasteiger partial charge in [-0.15, -0.1) is 0 Å². The number of phenols is 2. The lowest BCUT2D eigenvalue weighted by Crippen LogP contribution is -2.20. The van der Waals surface area contributed by atoms with E-state index in [1.807, 2.05) is 30.3 Å². The maximum atomic E-state index is 12.1. The maximum Gasteiger partial charge on any atom is 0.174 e. The minimum Gasteiger partial charge on any atom is -0.508 e. The Labute approximate surface area is 115 Å². The number of ether oxygens (including phenoxy) is 1. The molecule has 0 saturated carbocycles. The molecule has 4 N–H and O–H groups in total. The highest BCUT2D eigenvalue weighted by Crippen LogP contribution is 2.41. The Bertz CT molecular complexity index is 636. The summed E-state index contributed by atoms with van der Waals surface area (Å²) in [5.74, 6) is -0.334. The van der Waals surface area contributed by atoms with Crippen LogP contribution in [-0.4, -0.2) is 21.5 Å². The van der Waals surface area contributed by atoms with Crippen LogP contribution >= 0.6 is 0 Å². The number of carbonyl (C=O) groups excluding carboxylic acids is 1. The first-order valence-corrected chi connectivity index (χ1v) is 5.96. The molecular formula is C15H14O5. The van der Waals surface area contributed by atoms with E-state index in [0.717, 1.165) is 11.6 Å². The Morgan fingerprint density at radius 2 is 1.80 bits per heavy atom. The predicted octanol–water partition coefficient (Wildman–Crippen LogP) is 1.98. The molecule has 0 spiro atoms. The van der Waals surface area contributed by atoms with Gasteiger partial charge in [0.2, 0.25) is 0 Å². The normalized spacial score (nSPS) is 16.8. The second-order valence-electron chi connectivity index (χ2n) is 4.48. The second-order valence-corrected chi connectivity index (χ2v) is 4.48. The van der Waals surface area contributed by atoms with Gasteiger partial charge in [0, 0.05) is 12.1 Å². The van der Waals surface area contributed by atoms with Crippen LogP contribution in [0.15, 0.2) is 42.5 Å². The fraction of sp³-hybridized carbons (Fsp3) is 0.133. The van der Waals surface area contributed by atoms with Crippen molar-refractivity contribution in [2.24, 2.45) is 0 Å². The Balaban J connectivity index is 0.00000147. The molecule has 0 unspecified atom stereocenters. The van der Waals surface area contributed by atoms with Crippen LogP contribution in [0.4, 0.5) is 0 Å². The third kappa shape index (κ3) is 2.31. The zero-order valence-electron chi connectivity index (χ0n) is 10.5. The molecule has 20 heavy (non-hydrogen) atoms. The summed E-state index contributed by atoms with van der Waals surface area (Å²) in [6.45, 7) is 0. The molecule has 3 rings (SSSR count). The van der Waals surface area contributed by atoms with Crippen LogP contribution in [0.1, 0.15) is 28.4 Å². The molecular weight excluding hydrogens is 260 g/mol. The molecule has 0 amide bonds. The van der Waals surface area contributed by atoms with Crippen molar-refractivity contribution in [2.45, 2.75) is 12.5 Å². The number of aromatic hydroxyl groups is 2. The topological polar surface area (TPSA) is 98.3 Å². The van der Waals surface area contributed by atoms with Crippen LogP contribution in [0, 0.1) is 0 Å². The molecule has 0 radical (unpaired) electrons. The number of hydrogen-bond acceptors (Lipinski definition) is 4. The molecule has 1 aliphatic heterocycles. The summed E-state index contributed by atoms with van der Waals surface area (Å²) in [7, 11) is 0. The first kappa shape index (κ1) is 13.9. The van der Waals surface area contributed by atoms with Crippen molar-refractivity contribution >= 4 is 5.78 Å². The van der Waals surface area contributed by atoms with Crippen LogP contribution in [0.25, 0.3) is 0 Å². The highest BCUT2D eigenvalue weighted by molar-refractivity contribution is 6.02. The van der Waals surface area contributed by atoms with Gasteiger partial charge in [0.05, 0.1) is 6.42 Å². The summed E-state index contributed by atoms with van der Waals surface area (Å²) in [5.41, 5.74) is 1.04. The molecule has 2 aromatic carbocycles. The Hall–Kier alpha value is -2.53. The molecule has 0 aromatic heterocycles. The SMILES string of the molecule is O.O=C1C[C@@H](c2ccccc2)Oc2cc(O)cc(O)c21. The van der Waals surface area contributed by atoms with E-state index in [9.17, 15) is 15.0 Å². The molecule has 104 valence electrons. The lowest BCUT2D eigenvalue weighted by molar-refractivity contribution is 0.0845. The van der Waals surface area contributed by atoms with Crippen molar-refractivity contribution in [1.29, 1.82) is 0 Å². The number of benzene rings is 2. The van der Waals surface area contributed by atoms with E-state index in [-0.39, 0.29) is 46.6 Å². The van der Waals surface area contributed by atoms with Crippen LogP contribution in [0.5, 0.6) is 17.2 Å². The zero-order valence-corrected chi connectivity index (χ0v) is 10.5. The van der Waals surface area contributed by atoms with Gasteiger partial charge in [-0.25, -0.2) is 0 Å². The lowest BCUT2D eigenvalue weighted by atomic mass is 9.95. The van der Waals surface area contributed by atoms with Crippen molar-refractivity contribution in [1.82, 2.24) is 0 Å². The Kier molecular flexibility index (Phi) is 3.63. The summed E-state index contributed by atoms with van der Waals surface area (Å²) in [6.07, 6.45) is -0.211. The molecule has 5 nitrogen and oxygen atoms in total. The standard InChI is InChI=1S/C15H12O4.H2O/c16-10-6-11(17)15-12(18)8-13(19-14(15)7-10)9-4-2-1-3-5-9;/h1-7,13,16-17H,8H2;1H2/t13-;/m0./s1. The monoisotopic (exact) mass is 274 g/mol. The van der Waals surface area contributed by atoms with E-state index in [1.165, 1.54) is 6.07 Å². The molecule has 2 aromatic rings. The molecule has 0 fully saturated rings. The number of carbonyl (C=O) groups is 1. The number of ketones is 1. The largest absolute Gasteiger partial charge is 0.508 e. The second kappa shape index (κ2) is 5.22. The number of Topliss-reactive ketones (excluding diaryl/α,β-unsaturated/α-hetero) is 1. The van der Waals surface area contributed by atoms with Crippen LogP contribution in [0.3, 0.4) is 0 Å².